The summed E-state index contributed by atoms with van der Waals surface area (Å²) in [5, 5.41) is 0. The maximum absolute atomic E-state index is 10.9. The number of amides is 1. The molecule has 0 aliphatic rings. The fourth-order valence-electron chi connectivity index (χ4n) is 1.43. The minimum Gasteiger partial charge on any atom is -0.455 e. The normalized spacial score (nSPS) is 10.1. The number of anilines is 1. The Morgan fingerprint density at radius 1 is 1.11 bits per heavy atom. The smallest absolute Gasteiger partial charge is 0.248 e. The van der Waals surface area contributed by atoms with E-state index in [1.807, 2.05) is 6.07 Å². The first-order valence-electron chi connectivity index (χ1n) is 5.19. The van der Waals surface area contributed by atoms with Gasteiger partial charge in [0.2, 0.25) is 5.91 Å². The quantitative estimate of drug-likeness (QED) is 0.856. The summed E-state index contributed by atoms with van der Waals surface area (Å²) in [5.41, 5.74) is 11.9. The average molecular weight is 307 g/mol. The summed E-state index contributed by atoms with van der Waals surface area (Å²) < 4.78 is 6.49. The Kier molecular flexibility index (Phi) is 3.53. The number of primary amides is 1. The molecular formula is C13H11BrN2O2. The molecule has 5 heteroatoms. The van der Waals surface area contributed by atoms with Gasteiger partial charge in [-0.25, -0.2) is 0 Å². The summed E-state index contributed by atoms with van der Waals surface area (Å²) in [6, 6.07) is 11.9. The van der Waals surface area contributed by atoms with Crippen LogP contribution in [-0.2, 0) is 0 Å². The fourth-order valence-corrected chi connectivity index (χ4v) is 1.81. The van der Waals surface area contributed by atoms with E-state index in [-0.39, 0.29) is 0 Å². The van der Waals surface area contributed by atoms with Crippen molar-refractivity contribution in [1.29, 1.82) is 0 Å². The average Bonchev–Trinajstić information content (AvgIpc) is 2.33. The molecule has 0 aromatic heterocycles. The first-order valence-corrected chi connectivity index (χ1v) is 5.98. The van der Waals surface area contributed by atoms with Gasteiger partial charge >= 0.3 is 0 Å². The van der Waals surface area contributed by atoms with Crippen molar-refractivity contribution in [2.75, 3.05) is 5.73 Å². The van der Waals surface area contributed by atoms with Crippen molar-refractivity contribution >= 4 is 27.5 Å². The van der Waals surface area contributed by atoms with Crippen molar-refractivity contribution in [3.05, 3.63) is 52.5 Å². The molecule has 0 unspecified atom stereocenters. The van der Waals surface area contributed by atoms with Crippen LogP contribution in [0, 0.1) is 0 Å². The second-order valence-electron chi connectivity index (χ2n) is 3.67. The van der Waals surface area contributed by atoms with E-state index >= 15 is 0 Å². The molecule has 0 aliphatic carbocycles. The zero-order valence-corrected chi connectivity index (χ0v) is 11.0. The van der Waals surface area contributed by atoms with E-state index in [0.717, 1.165) is 4.47 Å². The van der Waals surface area contributed by atoms with Crippen LogP contribution in [0.2, 0.25) is 0 Å². The number of rotatable bonds is 3. The minimum absolute atomic E-state index is 0.436. The van der Waals surface area contributed by atoms with Gasteiger partial charge in [-0.05, 0) is 42.5 Å². The molecule has 2 aromatic carbocycles. The molecule has 0 atom stereocenters. The van der Waals surface area contributed by atoms with E-state index in [4.69, 9.17) is 16.2 Å². The van der Waals surface area contributed by atoms with E-state index in [2.05, 4.69) is 15.9 Å². The lowest BCUT2D eigenvalue weighted by atomic mass is 10.2. The summed E-state index contributed by atoms with van der Waals surface area (Å²) in [7, 11) is 0. The highest BCUT2D eigenvalue weighted by Gasteiger charge is 2.04. The second kappa shape index (κ2) is 5.10. The molecule has 18 heavy (non-hydrogen) atoms. The number of carbonyl (C=O) groups excluding carboxylic acids is 1. The summed E-state index contributed by atoms with van der Waals surface area (Å²) in [5.74, 6) is 0.684. The van der Waals surface area contributed by atoms with Gasteiger partial charge in [-0.15, -0.1) is 0 Å². The van der Waals surface area contributed by atoms with E-state index < -0.39 is 5.91 Å². The van der Waals surface area contributed by atoms with Crippen molar-refractivity contribution in [1.82, 2.24) is 0 Å². The van der Waals surface area contributed by atoms with Crippen LogP contribution >= 0.6 is 15.9 Å². The van der Waals surface area contributed by atoms with Gasteiger partial charge in [0.15, 0.2) is 0 Å². The Bertz CT molecular complexity index is 582. The number of halogens is 1. The molecule has 0 spiro atoms. The third kappa shape index (κ3) is 2.81. The number of hydrogen-bond donors (Lipinski definition) is 2. The lowest BCUT2D eigenvalue weighted by Gasteiger charge is -2.08. The Labute approximate surface area is 113 Å². The van der Waals surface area contributed by atoms with Gasteiger partial charge in [-0.2, -0.15) is 0 Å². The molecular weight excluding hydrogens is 296 g/mol. The number of benzene rings is 2. The molecule has 0 heterocycles. The van der Waals surface area contributed by atoms with E-state index in [1.165, 1.54) is 0 Å². The van der Waals surface area contributed by atoms with Gasteiger partial charge < -0.3 is 16.2 Å². The van der Waals surface area contributed by atoms with Crippen LogP contribution in [0.4, 0.5) is 5.69 Å². The number of nitrogens with two attached hydrogens (primary N) is 2. The van der Waals surface area contributed by atoms with Crippen LogP contribution in [0.15, 0.2) is 46.9 Å². The highest BCUT2D eigenvalue weighted by molar-refractivity contribution is 9.10. The monoisotopic (exact) mass is 306 g/mol. The zero-order chi connectivity index (χ0) is 13.1. The van der Waals surface area contributed by atoms with Gasteiger partial charge in [0, 0.05) is 10.0 Å². The third-order valence-corrected chi connectivity index (χ3v) is 2.83. The van der Waals surface area contributed by atoms with Crippen molar-refractivity contribution < 1.29 is 9.53 Å². The molecule has 0 aliphatic heterocycles. The van der Waals surface area contributed by atoms with Crippen molar-refractivity contribution in [2.24, 2.45) is 5.73 Å². The molecule has 0 saturated heterocycles. The van der Waals surface area contributed by atoms with Crippen LogP contribution in [-0.4, -0.2) is 5.91 Å². The Hall–Kier alpha value is -2.01. The predicted octanol–water partition coefficient (Wildman–Crippen LogP) is 2.92. The highest BCUT2D eigenvalue weighted by Crippen LogP contribution is 2.29. The van der Waals surface area contributed by atoms with E-state index in [9.17, 15) is 4.79 Å². The third-order valence-electron chi connectivity index (χ3n) is 2.34. The SMILES string of the molecule is NC(=O)c1ccc(Oc2ccc(Br)cc2N)cc1. The van der Waals surface area contributed by atoms with Crippen molar-refractivity contribution in [2.45, 2.75) is 0 Å². The first kappa shape index (κ1) is 12.4. The molecule has 4 nitrogen and oxygen atoms in total. The molecule has 92 valence electrons. The van der Waals surface area contributed by atoms with Gasteiger partial charge in [-0.1, -0.05) is 15.9 Å². The molecule has 0 saturated carbocycles. The molecule has 4 N–H and O–H groups in total. The summed E-state index contributed by atoms with van der Waals surface area (Å²) >= 11 is 3.32. The molecule has 0 radical (unpaired) electrons. The first-order chi connectivity index (χ1) is 8.56. The Balaban J connectivity index is 2.21. The standard InChI is InChI=1S/C13H11BrN2O2/c14-9-3-6-12(11(15)7-9)18-10-4-1-8(2-5-10)13(16)17/h1-7H,15H2,(H2,16,17). The number of carbonyl (C=O) groups is 1. The van der Waals surface area contributed by atoms with E-state index in [1.54, 1.807) is 36.4 Å². The Morgan fingerprint density at radius 3 is 2.33 bits per heavy atom. The zero-order valence-electron chi connectivity index (χ0n) is 9.39. The number of hydrogen-bond acceptors (Lipinski definition) is 3. The number of nitrogen functional groups attached to an aromatic ring is 1. The van der Waals surface area contributed by atoms with Crippen LogP contribution in [0.3, 0.4) is 0 Å². The molecule has 2 aromatic rings. The molecule has 2 rings (SSSR count). The lowest BCUT2D eigenvalue weighted by Crippen LogP contribution is -2.10. The minimum atomic E-state index is -0.468. The molecule has 0 bridgehead atoms. The topological polar surface area (TPSA) is 78.3 Å². The molecule has 0 fully saturated rings. The van der Waals surface area contributed by atoms with Crippen LogP contribution in [0.25, 0.3) is 0 Å². The molecule has 1 amide bonds. The second-order valence-corrected chi connectivity index (χ2v) is 4.59. The Morgan fingerprint density at radius 2 is 1.78 bits per heavy atom. The maximum Gasteiger partial charge on any atom is 0.248 e. The van der Waals surface area contributed by atoms with Gasteiger partial charge in [0.1, 0.15) is 11.5 Å². The number of ether oxygens (including phenoxy) is 1. The van der Waals surface area contributed by atoms with Gasteiger partial charge in [-0.3, -0.25) is 4.79 Å². The predicted molar refractivity (Wildman–Crippen MR) is 73.6 cm³/mol. The maximum atomic E-state index is 10.9. The largest absolute Gasteiger partial charge is 0.455 e. The van der Waals surface area contributed by atoms with Crippen LogP contribution in [0.1, 0.15) is 10.4 Å². The highest BCUT2D eigenvalue weighted by atomic mass is 79.9. The lowest BCUT2D eigenvalue weighted by molar-refractivity contribution is 0.100. The summed E-state index contributed by atoms with van der Waals surface area (Å²) in [6.45, 7) is 0. The van der Waals surface area contributed by atoms with Crippen LogP contribution in [0.5, 0.6) is 11.5 Å². The van der Waals surface area contributed by atoms with Gasteiger partial charge in [0.05, 0.1) is 5.69 Å². The van der Waals surface area contributed by atoms with Crippen molar-refractivity contribution in [3.8, 4) is 11.5 Å². The summed E-state index contributed by atoms with van der Waals surface area (Å²) in [4.78, 5) is 10.9. The van der Waals surface area contributed by atoms with Crippen molar-refractivity contribution in [3.63, 3.8) is 0 Å². The fraction of sp³-hybridized carbons (Fsp3) is 0. The van der Waals surface area contributed by atoms with Gasteiger partial charge in [0.25, 0.3) is 0 Å². The van der Waals surface area contributed by atoms with Crippen LogP contribution < -0.4 is 16.2 Å². The summed E-state index contributed by atoms with van der Waals surface area (Å²) in [6.07, 6.45) is 0. The van der Waals surface area contributed by atoms with E-state index in [0.29, 0.717) is 22.7 Å².